The Morgan fingerprint density at radius 1 is 0.771 bits per heavy atom. The monoisotopic (exact) mass is 476 g/mol. The van der Waals surface area contributed by atoms with Gasteiger partial charge in [-0.15, -0.1) is 0 Å². The molecule has 35 heavy (non-hydrogen) atoms. The maximum atomic E-state index is 12.1. The number of unbranched alkanes of at least 4 members (excludes halogenated alkanes) is 3. The highest BCUT2D eigenvalue weighted by Gasteiger charge is 2.35. The number of aliphatic hydroxyl groups excluding tert-OH is 1. The molecule has 0 atom stereocenters. The highest BCUT2D eigenvalue weighted by atomic mass is 16.5. The fourth-order valence-electron chi connectivity index (χ4n) is 4.24. The van der Waals surface area contributed by atoms with Crippen LogP contribution in [0, 0.1) is 0 Å². The van der Waals surface area contributed by atoms with Crippen LogP contribution in [0.2, 0.25) is 0 Å². The van der Waals surface area contributed by atoms with Crippen LogP contribution >= 0.6 is 0 Å². The first kappa shape index (κ1) is 26.3. The number of hydrogen-bond acceptors (Lipinski definition) is 5. The minimum Gasteiger partial charge on any atom is -0.497 e. The van der Waals surface area contributed by atoms with Crippen molar-refractivity contribution in [3.05, 3.63) is 102 Å². The van der Waals surface area contributed by atoms with E-state index in [-0.39, 0.29) is 13.2 Å². The Balaban J connectivity index is 1.73. The van der Waals surface area contributed by atoms with Crippen molar-refractivity contribution in [2.75, 3.05) is 33.4 Å². The van der Waals surface area contributed by atoms with Crippen molar-refractivity contribution in [1.29, 1.82) is 0 Å². The van der Waals surface area contributed by atoms with Crippen molar-refractivity contribution in [1.82, 2.24) is 10.6 Å². The average molecular weight is 477 g/mol. The molecular formula is C29H36N2O4. The molecule has 1 amide bonds. The van der Waals surface area contributed by atoms with Gasteiger partial charge in [0.2, 0.25) is 0 Å². The van der Waals surface area contributed by atoms with Gasteiger partial charge < -0.3 is 19.9 Å². The molecule has 3 rings (SSSR count). The first-order valence-electron chi connectivity index (χ1n) is 12.2. The quantitative estimate of drug-likeness (QED) is 0.229. The number of carbonyl (C=O) groups is 1. The van der Waals surface area contributed by atoms with Gasteiger partial charge in [-0.3, -0.25) is 5.32 Å². The molecule has 6 heteroatoms. The van der Waals surface area contributed by atoms with E-state index in [9.17, 15) is 4.79 Å². The summed E-state index contributed by atoms with van der Waals surface area (Å²) in [6.45, 7) is 1.47. The molecular weight excluding hydrogens is 440 g/mol. The van der Waals surface area contributed by atoms with Gasteiger partial charge in [-0.2, -0.15) is 0 Å². The summed E-state index contributed by atoms with van der Waals surface area (Å²) in [5.41, 5.74) is 2.59. The van der Waals surface area contributed by atoms with Gasteiger partial charge >= 0.3 is 6.09 Å². The van der Waals surface area contributed by atoms with Gasteiger partial charge in [0.25, 0.3) is 0 Å². The molecule has 3 aromatic rings. The molecule has 0 aliphatic carbocycles. The van der Waals surface area contributed by atoms with Crippen LogP contribution in [-0.4, -0.2) is 44.6 Å². The summed E-state index contributed by atoms with van der Waals surface area (Å²) in [7, 11) is 1.66. The molecule has 0 saturated carbocycles. The molecule has 0 fully saturated rings. The van der Waals surface area contributed by atoms with E-state index in [0.29, 0.717) is 13.1 Å². The number of nitrogens with one attached hydrogen (secondary N) is 2. The molecule has 0 radical (unpaired) electrons. The molecule has 0 aliphatic heterocycles. The summed E-state index contributed by atoms with van der Waals surface area (Å²) in [5.74, 6) is 0.792. The van der Waals surface area contributed by atoms with E-state index in [4.69, 9.17) is 14.6 Å². The number of benzene rings is 3. The smallest absolute Gasteiger partial charge is 0.407 e. The van der Waals surface area contributed by atoms with Crippen molar-refractivity contribution in [3.63, 3.8) is 0 Å². The van der Waals surface area contributed by atoms with Gasteiger partial charge in [-0.05, 0) is 41.7 Å². The average Bonchev–Trinajstić information content (AvgIpc) is 2.92. The molecule has 0 bridgehead atoms. The van der Waals surface area contributed by atoms with Gasteiger partial charge in [0, 0.05) is 19.7 Å². The first-order valence-corrected chi connectivity index (χ1v) is 12.2. The lowest BCUT2D eigenvalue weighted by Crippen LogP contribution is -2.46. The van der Waals surface area contributed by atoms with Crippen molar-refractivity contribution in [2.45, 2.75) is 31.2 Å². The van der Waals surface area contributed by atoms with Gasteiger partial charge in [0.15, 0.2) is 0 Å². The van der Waals surface area contributed by atoms with Crippen LogP contribution in [0.25, 0.3) is 0 Å². The largest absolute Gasteiger partial charge is 0.497 e. The molecule has 3 N–H and O–H groups in total. The topological polar surface area (TPSA) is 79.8 Å². The van der Waals surface area contributed by atoms with Crippen molar-refractivity contribution < 1.29 is 19.4 Å². The second-order valence-corrected chi connectivity index (χ2v) is 8.34. The summed E-state index contributed by atoms with van der Waals surface area (Å²) >= 11 is 0. The predicted octanol–water partition coefficient (Wildman–Crippen LogP) is 4.86. The lowest BCUT2D eigenvalue weighted by molar-refractivity contribution is 0.144. The Morgan fingerprint density at radius 2 is 1.34 bits per heavy atom. The molecule has 0 spiro atoms. The Morgan fingerprint density at radius 3 is 1.91 bits per heavy atom. The lowest BCUT2D eigenvalue weighted by Gasteiger charge is -2.37. The first-order chi connectivity index (χ1) is 17.2. The minimum atomic E-state index is -0.638. The number of methoxy groups -OCH3 is 1. The highest BCUT2D eigenvalue weighted by Crippen LogP contribution is 2.37. The number of hydrogen-bond donors (Lipinski definition) is 3. The molecule has 0 saturated heterocycles. The molecule has 186 valence electrons. The number of alkyl carbamates (subject to hydrolysis) is 1. The molecule has 0 aliphatic rings. The van der Waals surface area contributed by atoms with Crippen LogP contribution in [0.15, 0.2) is 84.9 Å². The second kappa shape index (κ2) is 14.1. The van der Waals surface area contributed by atoms with E-state index in [1.165, 1.54) is 0 Å². The van der Waals surface area contributed by atoms with Crippen molar-refractivity contribution in [2.24, 2.45) is 0 Å². The maximum absolute atomic E-state index is 12.1. The molecule has 0 heterocycles. The van der Waals surface area contributed by atoms with Gasteiger partial charge in [-0.1, -0.05) is 85.6 Å². The third kappa shape index (κ3) is 7.31. The summed E-state index contributed by atoms with van der Waals surface area (Å²) < 4.78 is 10.8. The zero-order chi connectivity index (χ0) is 24.8. The normalized spacial score (nSPS) is 11.1. The second-order valence-electron chi connectivity index (χ2n) is 8.34. The van der Waals surface area contributed by atoms with E-state index >= 15 is 0 Å². The van der Waals surface area contributed by atoms with Crippen LogP contribution in [-0.2, 0) is 10.3 Å². The third-order valence-electron chi connectivity index (χ3n) is 6.02. The Hall–Kier alpha value is -3.35. The summed E-state index contributed by atoms with van der Waals surface area (Å²) in [6.07, 6.45) is 3.19. The summed E-state index contributed by atoms with van der Waals surface area (Å²) in [5, 5.41) is 15.3. The van der Waals surface area contributed by atoms with E-state index in [2.05, 4.69) is 47.0 Å². The van der Waals surface area contributed by atoms with Crippen molar-refractivity contribution >= 4 is 6.09 Å². The number of rotatable bonds is 14. The van der Waals surface area contributed by atoms with Gasteiger partial charge in [-0.25, -0.2) is 4.79 Å². The maximum Gasteiger partial charge on any atom is 0.407 e. The zero-order valence-corrected chi connectivity index (χ0v) is 20.4. The standard InChI is InChI=1S/C29H36N2O4/c1-34-27-18-16-26(17-19-27)29(24-12-6-4-7-13-24,25-14-8-5-9-15-25)31-21-23-35-28(33)30-20-10-2-3-11-22-32/h4-9,12-19,31-32H,2-3,10-11,20-23H2,1H3,(H,30,33). The molecule has 0 aromatic heterocycles. The summed E-state index contributed by atoms with van der Waals surface area (Å²) in [6, 6.07) is 28.6. The molecule has 0 unspecified atom stereocenters. The fraction of sp³-hybridized carbons (Fsp3) is 0.345. The third-order valence-corrected chi connectivity index (χ3v) is 6.02. The predicted molar refractivity (Wildman–Crippen MR) is 139 cm³/mol. The zero-order valence-electron chi connectivity index (χ0n) is 20.4. The van der Waals surface area contributed by atoms with E-state index in [0.717, 1.165) is 48.1 Å². The number of aliphatic hydroxyl groups is 1. The SMILES string of the molecule is COc1ccc(C(NCCOC(=O)NCCCCCCO)(c2ccccc2)c2ccccc2)cc1. The van der Waals surface area contributed by atoms with Crippen LogP contribution < -0.4 is 15.4 Å². The fourth-order valence-corrected chi connectivity index (χ4v) is 4.24. The summed E-state index contributed by atoms with van der Waals surface area (Å²) in [4.78, 5) is 12.1. The van der Waals surface area contributed by atoms with E-state index < -0.39 is 11.6 Å². The van der Waals surface area contributed by atoms with Crippen LogP contribution in [0.3, 0.4) is 0 Å². The lowest BCUT2D eigenvalue weighted by atomic mass is 9.77. The number of carbonyl (C=O) groups excluding carboxylic acids is 1. The van der Waals surface area contributed by atoms with Crippen LogP contribution in [0.4, 0.5) is 4.79 Å². The highest BCUT2D eigenvalue weighted by molar-refractivity contribution is 5.67. The Labute approximate surface area is 208 Å². The Bertz CT molecular complexity index is 955. The number of ether oxygens (including phenoxy) is 2. The van der Waals surface area contributed by atoms with E-state index in [1.807, 2.05) is 48.5 Å². The van der Waals surface area contributed by atoms with Crippen LogP contribution in [0.1, 0.15) is 42.4 Å². The molecule has 3 aromatic carbocycles. The minimum absolute atomic E-state index is 0.215. The van der Waals surface area contributed by atoms with Gasteiger partial charge in [0.1, 0.15) is 12.4 Å². The van der Waals surface area contributed by atoms with E-state index in [1.54, 1.807) is 7.11 Å². The van der Waals surface area contributed by atoms with Crippen LogP contribution in [0.5, 0.6) is 5.75 Å². The van der Waals surface area contributed by atoms with Crippen molar-refractivity contribution in [3.8, 4) is 5.75 Å². The van der Waals surface area contributed by atoms with Gasteiger partial charge in [0.05, 0.1) is 12.6 Å². The number of amides is 1. The molecule has 6 nitrogen and oxygen atoms in total. The Kier molecular flexibility index (Phi) is 10.6.